The van der Waals surface area contributed by atoms with Crippen LogP contribution in [0.15, 0.2) is 24.3 Å². The largest absolute Gasteiger partial charge is 0.396 e. The Hall–Kier alpha value is -1.39. The van der Waals surface area contributed by atoms with Crippen LogP contribution >= 0.6 is 0 Å². The second kappa shape index (κ2) is 8.67. The number of aliphatic hydroxyl groups is 1. The second-order valence-electron chi connectivity index (χ2n) is 4.97. The van der Waals surface area contributed by atoms with Gasteiger partial charge in [-0.2, -0.15) is 0 Å². The van der Waals surface area contributed by atoms with E-state index in [-0.39, 0.29) is 12.5 Å². The molecule has 0 aliphatic rings. The van der Waals surface area contributed by atoms with E-state index in [1.54, 1.807) is 0 Å². The highest BCUT2D eigenvalue weighted by Gasteiger charge is 2.04. The Morgan fingerprint density at radius 2 is 1.84 bits per heavy atom. The van der Waals surface area contributed by atoms with Crippen LogP contribution in [0.2, 0.25) is 0 Å². The first kappa shape index (κ1) is 15.7. The maximum atomic E-state index is 11.8. The summed E-state index contributed by atoms with van der Waals surface area (Å²) in [5, 5.41) is 11.5. The van der Waals surface area contributed by atoms with Crippen LogP contribution < -0.4 is 5.32 Å². The lowest BCUT2D eigenvalue weighted by atomic mass is 10.1. The number of hydrogen-bond donors (Lipinski definition) is 2. The molecule has 0 heterocycles. The Morgan fingerprint density at radius 3 is 2.42 bits per heavy atom. The van der Waals surface area contributed by atoms with Gasteiger partial charge < -0.3 is 15.3 Å². The fourth-order valence-electron chi connectivity index (χ4n) is 1.84. The number of unbranched alkanes of at least 4 members (excludes halogenated alkanes) is 2. The second-order valence-corrected chi connectivity index (χ2v) is 4.97. The molecule has 1 aromatic rings. The first-order chi connectivity index (χ1) is 9.13. The number of carbonyl (C=O) groups excluding carboxylic acids is 1. The molecule has 0 saturated heterocycles. The van der Waals surface area contributed by atoms with Crippen molar-refractivity contribution in [2.24, 2.45) is 0 Å². The van der Waals surface area contributed by atoms with Gasteiger partial charge in [0.05, 0.1) is 0 Å². The molecule has 19 heavy (non-hydrogen) atoms. The molecular weight excluding hydrogens is 240 g/mol. The van der Waals surface area contributed by atoms with Gasteiger partial charge in [-0.05, 0) is 51.1 Å². The lowest BCUT2D eigenvalue weighted by Gasteiger charge is -2.10. The Kier molecular flexibility index (Phi) is 7.15. The quantitative estimate of drug-likeness (QED) is 0.702. The zero-order chi connectivity index (χ0) is 14.1. The summed E-state index contributed by atoms with van der Waals surface area (Å²) in [7, 11) is 4.04. The van der Waals surface area contributed by atoms with Gasteiger partial charge in [-0.3, -0.25) is 4.79 Å². The van der Waals surface area contributed by atoms with Crippen LogP contribution in [-0.2, 0) is 6.54 Å². The molecule has 0 atom stereocenters. The van der Waals surface area contributed by atoms with E-state index in [9.17, 15) is 4.79 Å². The van der Waals surface area contributed by atoms with Gasteiger partial charge in [0, 0.05) is 25.3 Å². The standard InChI is InChI=1S/C15H24N2O2/c1-17(2)12-13-6-8-14(9-7-13)15(19)16-10-4-3-5-11-18/h6-9,18H,3-5,10-12H2,1-2H3,(H,16,19). The van der Waals surface area contributed by atoms with Crippen molar-refractivity contribution in [2.45, 2.75) is 25.8 Å². The Morgan fingerprint density at radius 1 is 1.16 bits per heavy atom. The third kappa shape index (κ3) is 6.36. The van der Waals surface area contributed by atoms with Gasteiger partial charge >= 0.3 is 0 Å². The van der Waals surface area contributed by atoms with Gasteiger partial charge in [0.15, 0.2) is 0 Å². The molecular formula is C15H24N2O2. The van der Waals surface area contributed by atoms with Crippen molar-refractivity contribution in [2.75, 3.05) is 27.2 Å². The molecule has 2 N–H and O–H groups in total. The Balaban J connectivity index is 2.36. The van der Waals surface area contributed by atoms with Gasteiger partial charge in [0.2, 0.25) is 0 Å². The molecule has 106 valence electrons. The fourth-order valence-corrected chi connectivity index (χ4v) is 1.84. The Labute approximate surface area is 115 Å². The number of rotatable bonds is 8. The fraction of sp³-hybridized carbons (Fsp3) is 0.533. The minimum absolute atomic E-state index is 0.0274. The molecule has 0 saturated carbocycles. The molecule has 0 fully saturated rings. The molecule has 0 unspecified atom stereocenters. The predicted octanol–water partition coefficient (Wildman–Crippen LogP) is 1.64. The lowest BCUT2D eigenvalue weighted by Crippen LogP contribution is -2.24. The summed E-state index contributed by atoms with van der Waals surface area (Å²) < 4.78 is 0. The van der Waals surface area contributed by atoms with E-state index in [2.05, 4.69) is 10.2 Å². The van der Waals surface area contributed by atoms with Crippen LogP contribution in [0.3, 0.4) is 0 Å². The summed E-state index contributed by atoms with van der Waals surface area (Å²) in [4.78, 5) is 13.9. The highest BCUT2D eigenvalue weighted by atomic mass is 16.2. The third-order valence-corrected chi connectivity index (χ3v) is 2.84. The number of hydrogen-bond acceptors (Lipinski definition) is 3. The van der Waals surface area contributed by atoms with Crippen molar-refractivity contribution in [3.05, 3.63) is 35.4 Å². The molecule has 0 aliphatic carbocycles. The van der Waals surface area contributed by atoms with E-state index in [4.69, 9.17) is 5.11 Å². The van der Waals surface area contributed by atoms with Crippen molar-refractivity contribution < 1.29 is 9.90 Å². The summed E-state index contributed by atoms with van der Waals surface area (Å²) in [5.41, 5.74) is 1.90. The first-order valence-corrected chi connectivity index (χ1v) is 6.76. The summed E-state index contributed by atoms with van der Waals surface area (Å²) in [6.07, 6.45) is 2.65. The molecule has 0 aliphatic heterocycles. The highest BCUT2D eigenvalue weighted by molar-refractivity contribution is 5.94. The summed E-state index contributed by atoms with van der Waals surface area (Å²) in [6.45, 7) is 1.77. The van der Waals surface area contributed by atoms with Crippen LogP contribution in [-0.4, -0.2) is 43.2 Å². The smallest absolute Gasteiger partial charge is 0.251 e. The number of nitrogens with one attached hydrogen (secondary N) is 1. The van der Waals surface area contributed by atoms with E-state index in [0.717, 1.165) is 25.8 Å². The van der Waals surface area contributed by atoms with Gasteiger partial charge in [0.25, 0.3) is 5.91 Å². The van der Waals surface area contributed by atoms with Crippen LogP contribution in [0.5, 0.6) is 0 Å². The number of aliphatic hydroxyl groups excluding tert-OH is 1. The van der Waals surface area contributed by atoms with E-state index >= 15 is 0 Å². The molecule has 1 amide bonds. The van der Waals surface area contributed by atoms with Crippen LogP contribution in [0.25, 0.3) is 0 Å². The molecule has 0 radical (unpaired) electrons. The Bertz CT molecular complexity index is 374. The van der Waals surface area contributed by atoms with Crippen molar-refractivity contribution in [1.82, 2.24) is 10.2 Å². The van der Waals surface area contributed by atoms with E-state index < -0.39 is 0 Å². The number of benzene rings is 1. The van der Waals surface area contributed by atoms with Crippen LogP contribution in [0.1, 0.15) is 35.2 Å². The summed E-state index contributed by atoms with van der Waals surface area (Å²) >= 11 is 0. The molecule has 4 nitrogen and oxygen atoms in total. The lowest BCUT2D eigenvalue weighted by molar-refractivity contribution is 0.0953. The van der Waals surface area contributed by atoms with Crippen molar-refractivity contribution in [3.8, 4) is 0 Å². The van der Waals surface area contributed by atoms with E-state index in [1.807, 2.05) is 38.4 Å². The van der Waals surface area contributed by atoms with Gasteiger partial charge in [-0.15, -0.1) is 0 Å². The molecule has 0 bridgehead atoms. The van der Waals surface area contributed by atoms with Gasteiger partial charge in [-0.25, -0.2) is 0 Å². The maximum absolute atomic E-state index is 11.8. The average molecular weight is 264 g/mol. The number of nitrogens with zero attached hydrogens (tertiary/aromatic N) is 1. The molecule has 1 rings (SSSR count). The SMILES string of the molecule is CN(C)Cc1ccc(C(=O)NCCCCCO)cc1. The van der Waals surface area contributed by atoms with Crippen molar-refractivity contribution in [1.29, 1.82) is 0 Å². The van der Waals surface area contributed by atoms with Crippen LogP contribution in [0.4, 0.5) is 0 Å². The minimum Gasteiger partial charge on any atom is -0.396 e. The zero-order valence-corrected chi connectivity index (χ0v) is 11.9. The first-order valence-electron chi connectivity index (χ1n) is 6.76. The molecule has 0 aromatic heterocycles. The zero-order valence-electron chi connectivity index (χ0n) is 11.9. The van der Waals surface area contributed by atoms with Crippen molar-refractivity contribution in [3.63, 3.8) is 0 Å². The maximum Gasteiger partial charge on any atom is 0.251 e. The molecule has 4 heteroatoms. The summed E-state index contributed by atoms with van der Waals surface area (Å²) in [5.74, 6) is -0.0274. The molecule has 0 spiro atoms. The summed E-state index contributed by atoms with van der Waals surface area (Å²) in [6, 6.07) is 7.70. The van der Waals surface area contributed by atoms with E-state index in [1.165, 1.54) is 5.56 Å². The van der Waals surface area contributed by atoms with Gasteiger partial charge in [-0.1, -0.05) is 12.1 Å². The average Bonchev–Trinajstić information content (AvgIpc) is 2.38. The number of amides is 1. The van der Waals surface area contributed by atoms with Crippen molar-refractivity contribution >= 4 is 5.91 Å². The monoisotopic (exact) mass is 264 g/mol. The highest BCUT2D eigenvalue weighted by Crippen LogP contribution is 2.06. The number of carbonyl (C=O) groups is 1. The normalized spacial score (nSPS) is 10.7. The van der Waals surface area contributed by atoms with Gasteiger partial charge in [0.1, 0.15) is 0 Å². The molecule has 1 aromatic carbocycles. The van der Waals surface area contributed by atoms with E-state index in [0.29, 0.717) is 12.1 Å². The predicted molar refractivity (Wildman–Crippen MR) is 77.1 cm³/mol. The topological polar surface area (TPSA) is 52.6 Å². The minimum atomic E-state index is -0.0274. The van der Waals surface area contributed by atoms with Crippen LogP contribution in [0, 0.1) is 0 Å². The third-order valence-electron chi connectivity index (χ3n) is 2.84.